The number of nitrogens with zero attached hydrogens (tertiary/aromatic N) is 2. The number of fused-ring (bicyclic) bond motifs is 1. The Kier molecular flexibility index (Phi) is 5.99. The molecule has 0 bridgehead atoms. The van der Waals surface area contributed by atoms with Crippen molar-refractivity contribution < 1.29 is 18.4 Å². The Labute approximate surface area is 184 Å². The van der Waals surface area contributed by atoms with Crippen molar-refractivity contribution in [2.24, 2.45) is 17.6 Å². The smallest absolute Gasteiger partial charge is 0.256 e. The Hall–Kier alpha value is -2.51. The molecule has 4 rings (SSSR count). The lowest BCUT2D eigenvalue weighted by Crippen LogP contribution is -2.36. The predicted octanol–water partition coefficient (Wildman–Crippen LogP) is 3.55. The quantitative estimate of drug-likeness (QED) is 0.762. The van der Waals surface area contributed by atoms with Crippen molar-refractivity contribution in [3.05, 3.63) is 69.7 Å². The van der Waals surface area contributed by atoms with Crippen molar-refractivity contribution in [2.45, 2.75) is 19.4 Å². The number of halogens is 3. The van der Waals surface area contributed by atoms with Gasteiger partial charge in [0.1, 0.15) is 11.6 Å². The summed E-state index contributed by atoms with van der Waals surface area (Å²) >= 11 is 6.30. The summed E-state index contributed by atoms with van der Waals surface area (Å²) < 4.78 is 27.5. The van der Waals surface area contributed by atoms with Gasteiger partial charge in [-0.3, -0.25) is 14.5 Å². The van der Waals surface area contributed by atoms with Crippen molar-refractivity contribution in [2.75, 3.05) is 26.2 Å². The number of primary amides is 1. The molecule has 2 aliphatic rings. The van der Waals surface area contributed by atoms with Gasteiger partial charge in [0.05, 0.1) is 5.56 Å². The lowest BCUT2D eigenvalue weighted by Gasteiger charge is -2.29. The van der Waals surface area contributed by atoms with Gasteiger partial charge in [0.25, 0.3) is 5.91 Å². The van der Waals surface area contributed by atoms with E-state index in [9.17, 15) is 18.4 Å². The molecule has 31 heavy (non-hydrogen) atoms. The van der Waals surface area contributed by atoms with Gasteiger partial charge in [-0.1, -0.05) is 23.7 Å². The largest absolute Gasteiger partial charge is 0.370 e. The maximum atomic E-state index is 14.0. The zero-order chi connectivity index (χ0) is 22.3. The van der Waals surface area contributed by atoms with Crippen LogP contribution in [-0.4, -0.2) is 47.8 Å². The molecule has 2 heterocycles. The zero-order valence-electron chi connectivity index (χ0n) is 17.2. The molecule has 2 N–H and O–H groups in total. The van der Waals surface area contributed by atoms with Crippen LogP contribution < -0.4 is 5.73 Å². The Morgan fingerprint density at radius 2 is 1.77 bits per heavy atom. The van der Waals surface area contributed by atoms with E-state index in [0.29, 0.717) is 31.2 Å². The molecule has 2 aliphatic heterocycles. The molecule has 0 saturated carbocycles. The van der Waals surface area contributed by atoms with Gasteiger partial charge in [-0.15, -0.1) is 0 Å². The van der Waals surface area contributed by atoms with E-state index in [1.807, 2.05) is 25.1 Å². The van der Waals surface area contributed by atoms with Gasteiger partial charge >= 0.3 is 0 Å². The van der Waals surface area contributed by atoms with E-state index in [4.69, 9.17) is 17.3 Å². The molecule has 5 nitrogen and oxygen atoms in total. The summed E-state index contributed by atoms with van der Waals surface area (Å²) in [6.07, 6.45) is 0.177. The van der Waals surface area contributed by atoms with Crippen LogP contribution in [0.4, 0.5) is 8.78 Å². The first-order chi connectivity index (χ1) is 14.7. The van der Waals surface area contributed by atoms with Gasteiger partial charge in [0.15, 0.2) is 0 Å². The number of rotatable bonds is 5. The van der Waals surface area contributed by atoms with E-state index in [1.165, 1.54) is 0 Å². The van der Waals surface area contributed by atoms with Gasteiger partial charge in [-0.25, -0.2) is 8.78 Å². The van der Waals surface area contributed by atoms with E-state index in [2.05, 4.69) is 4.90 Å². The summed E-state index contributed by atoms with van der Waals surface area (Å²) in [6.45, 7) is 4.22. The molecule has 2 aromatic rings. The maximum absolute atomic E-state index is 14.0. The molecule has 2 saturated heterocycles. The first-order valence-corrected chi connectivity index (χ1v) is 10.6. The summed E-state index contributed by atoms with van der Waals surface area (Å²) in [7, 11) is 0. The molecule has 164 valence electrons. The standard InChI is InChI=1S/C23H24ClF2N3O2/c1-13-2-3-14(6-19(13)24)21(8-22(27)30)28-9-15-11-29(12-16(15)10-28)23(31)18-7-17(25)4-5-20(18)26/h2-7,15-16,21H,8-12H2,1H3,(H2,27,30). The van der Waals surface area contributed by atoms with Crippen LogP contribution in [0.25, 0.3) is 0 Å². The first-order valence-electron chi connectivity index (χ1n) is 10.3. The van der Waals surface area contributed by atoms with Crippen LogP contribution in [0.15, 0.2) is 36.4 Å². The normalized spacial score (nSPS) is 21.9. The van der Waals surface area contributed by atoms with Gasteiger partial charge in [0.2, 0.25) is 5.91 Å². The second kappa shape index (κ2) is 8.55. The second-order valence-corrected chi connectivity index (χ2v) is 8.91. The minimum Gasteiger partial charge on any atom is -0.370 e. The summed E-state index contributed by atoms with van der Waals surface area (Å²) in [6, 6.07) is 8.50. The SMILES string of the molecule is Cc1ccc(C(CC(N)=O)N2CC3CN(C(=O)c4cc(F)ccc4F)CC3C2)cc1Cl. The number of amides is 2. The molecular formula is C23H24ClF2N3O2. The number of benzene rings is 2. The Balaban J connectivity index is 1.48. The number of likely N-dealkylation sites (tertiary alicyclic amines) is 2. The van der Waals surface area contributed by atoms with Crippen LogP contribution in [0.5, 0.6) is 0 Å². The predicted molar refractivity (Wildman–Crippen MR) is 114 cm³/mol. The second-order valence-electron chi connectivity index (χ2n) is 8.50. The van der Waals surface area contributed by atoms with Crippen molar-refractivity contribution >= 4 is 23.4 Å². The van der Waals surface area contributed by atoms with Crippen LogP contribution in [0, 0.1) is 30.4 Å². The third-order valence-electron chi connectivity index (χ3n) is 6.38. The number of carbonyl (C=O) groups is 2. The maximum Gasteiger partial charge on any atom is 0.256 e. The van der Waals surface area contributed by atoms with Crippen LogP contribution in [-0.2, 0) is 4.79 Å². The average molecular weight is 448 g/mol. The highest BCUT2D eigenvalue weighted by molar-refractivity contribution is 6.31. The molecule has 3 atom stereocenters. The molecule has 0 spiro atoms. The van der Waals surface area contributed by atoms with Gasteiger partial charge in [-0.05, 0) is 54.2 Å². The summed E-state index contributed by atoms with van der Waals surface area (Å²) in [4.78, 5) is 28.3. The minimum atomic E-state index is -0.720. The molecular weight excluding hydrogens is 424 g/mol. The average Bonchev–Trinajstić information content (AvgIpc) is 3.29. The Bertz CT molecular complexity index is 1020. The molecule has 0 aliphatic carbocycles. The van der Waals surface area contributed by atoms with Gasteiger partial charge in [-0.2, -0.15) is 0 Å². The number of carbonyl (C=O) groups excluding carboxylic acids is 2. The van der Waals surface area contributed by atoms with E-state index in [0.717, 1.165) is 29.3 Å². The van der Waals surface area contributed by atoms with E-state index >= 15 is 0 Å². The topological polar surface area (TPSA) is 66.6 Å². The van der Waals surface area contributed by atoms with Crippen LogP contribution >= 0.6 is 11.6 Å². The molecule has 2 fully saturated rings. The van der Waals surface area contributed by atoms with Crippen molar-refractivity contribution in [1.82, 2.24) is 9.80 Å². The minimum absolute atomic E-state index is 0.177. The molecule has 0 aromatic heterocycles. The molecule has 0 radical (unpaired) electrons. The first kappa shape index (κ1) is 21.7. The molecule has 2 amide bonds. The number of hydrogen-bond donors (Lipinski definition) is 1. The Morgan fingerprint density at radius 3 is 2.39 bits per heavy atom. The fourth-order valence-corrected chi connectivity index (χ4v) is 4.94. The fraction of sp³-hybridized carbons (Fsp3) is 0.391. The van der Waals surface area contributed by atoms with Crippen molar-refractivity contribution in [1.29, 1.82) is 0 Å². The summed E-state index contributed by atoms with van der Waals surface area (Å²) in [5.41, 5.74) is 7.17. The van der Waals surface area contributed by atoms with E-state index < -0.39 is 23.4 Å². The van der Waals surface area contributed by atoms with Crippen molar-refractivity contribution in [3.63, 3.8) is 0 Å². The number of aryl methyl sites for hydroxylation is 1. The highest BCUT2D eigenvalue weighted by Gasteiger charge is 2.44. The van der Waals surface area contributed by atoms with E-state index in [1.54, 1.807) is 4.90 Å². The third-order valence-corrected chi connectivity index (χ3v) is 6.78. The zero-order valence-corrected chi connectivity index (χ0v) is 17.9. The van der Waals surface area contributed by atoms with Crippen LogP contribution in [0.2, 0.25) is 5.02 Å². The molecule has 3 unspecified atom stereocenters. The fourth-order valence-electron chi connectivity index (χ4n) is 4.75. The highest BCUT2D eigenvalue weighted by Crippen LogP contribution is 2.38. The number of nitrogens with two attached hydrogens (primary N) is 1. The van der Waals surface area contributed by atoms with Crippen LogP contribution in [0.3, 0.4) is 0 Å². The van der Waals surface area contributed by atoms with E-state index in [-0.39, 0.29) is 29.9 Å². The highest BCUT2D eigenvalue weighted by atomic mass is 35.5. The lowest BCUT2D eigenvalue weighted by atomic mass is 10.0. The summed E-state index contributed by atoms with van der Waals surface area (Å²) in [5.74, 6) is -1.85. The van der Waals surface area contributed by atoms with Gasteiger partial charge in [0, 0.05) is 43.7 Å². The van der Waals surface area contributed by atoms with Gasteiger partial charge < -0.3 is 10.6 Å². The summed E-state index contributed by atoms with van der Waals surface area (Å²) in [5, 5.41) is 0.639. The van der Waals surface area contributed by atoms with Crippen LogP contribution in [0.1, 0.15) is 33.9 Å². The molecule has 8 heteroatoms. The monoisotopic (exact) mass is 447 g/mol. The Morgan fingerprint density at radius 1 is 1.10 bits per heavy atom. The number of hydrogen-bond acceptors (Lipinski definition) is 3. The molecule has 2 aromatic carbocycles. The third kappa shape index (κ3) is 4.43. The van der Waals surface area contributed by atoms with Crippen molar-refractivity contribution in [3.8, 4) is 0 Å². The lowest BCUT2D eigenvalue weighted by molar-refractivity contribution is -0.119.